The number of carbonyl (C=O) groups is 1. The van der Waals surface area contributed by atoms with Crippen molar-refractivity contribution in [3.8, 4) is 0 Å². The van der Waals surface area contributed by atoms with Gasteiger partial charge in [0.2, 0.25) is 5.91 Å². The minimum Gasteiger partial charge on any atom is -0.342 e. The zero-order valence-corrected chi connectivity index (χ0v) is 10.4. The molecule has 1 saturated heterocycles. The van der Waals surface area contributed by atoms with Crippen LogP contribution in [0, 0.1) is 17.8 Å². The molecule has 2 atom stereocenters. The molecular weight excluding hydrogens is 198 g/mol. The van der Waals surface area contributed by atoms with E-state index >= 15 is 0 Å². The molecule has 0 aromatic heterocycles. The Balaban J connectivity index is 2.06. The first-order valence-electron chi connectivity index (χ1n) is 6.23. The first-order valence-corrected chi connectivity index (χ1v) is 6.23. The van der Waals surface area contributed by atoms with Gasteiger partial charge in [0.15, 0.2) is 0 Å². The molecule has 0 spiro atoms. The molecule has 1 aliphatic carbocycles. The summed E-state index contributed by atoms with van der Waals surface area (Å²) in [6.45, 7) is 7.97. The third-order valence-corrected chi connectivity index (χ3v) is 3.77. The summed E-state index contributed by atoms with van der Waals surface area (Å²) in [5.74, 6) is 2.02. The fourth-order valence-corrected chi connectivity index (χ4v) is 2.62. The third-order valence-electron chi connectivity index (χ3n) is 3.77. The van der Waals surface area contributed by atoms with E-state index in [1.54, 1.807) is 6.92 Å². The van der Waals surface area contributed by atoms with Gasteiger partial charge in [-0.15, -0.1) is 0 Å². The molecule has 1 aliphatic heterocycles. The number of nitrogens with zero attached hydrogens (tertiary/aromatic N) is 1. The van der Waals surface area contributed by atoms with Gasteiger partial charge in [-0.25, -0.2) is 0 Å². The standard InChI is InChI=1S/C14H21NO/c1-10(2)12-4-5-14-9-15(11(3)16)7-6-13(14)8-12/h4-5,8,10,13-14H,6-7,9H2,1-3H3. The molecule has 1 heterocycles. The molecular formula is C14H21NO. The van der Waals surface area contributed by atoms with Gasteiger partial charge in [-0.05, 0) is 23.8 Å². The Hall–Kier alpha value is -1.05. The molecule has 0 aromatic carbocycles. The van der Waals surface area contributed by atoms with Gasteiger partial charge in [0.25, 0.3) is 0 Å². The van der Waals surface area contributed by atoms with E-state index in [0.29, 0.717) is 17.8 Å². The van der Waals surface area contributed by atoms with Crippen molar-refractivity contribution in [3.63, 3.8) is 0 Å². The third kappa shape index (κ3) is 2.21. The largest absolute Gasteiger partial charge is 0.342 e. The number of allylic oxidation sites excluding steroid dienone is 3. The summed E-state index contributed by atoms with van der Waals surface area (Å²) in [6, 6.07) is 0. The second-order valence-corrected chi connectivity index (χ2v) is 5.26. The van der Waals surface area contributed by atoms with Crippen LogP contribution in [0.4, 0.5) is 0 Å². The molecule has 0 radical (unpaired) electrons. The highest BCUT2D eigenvalue weighted by atomic mass is 16.2. The van der Waals surface area contributed by atoms with E-state index in [9.17, 15) is 4.79 Å². The molecule has 88 valence electrons. The minimum absolute atomic E-state index is 0.213. The normalized spacial score (nSPS) is 29.0. The van der Waals surface area contributed by atoms with Crippen LogP contribution in [0.15, 0.2) is 23.8 Å². The molecule has 1 fully saturated rings. The van der Waals surface area contributed by atoms with Crippen LogP contribution < -0.4 is 0 Å². The predicted molar refractivity (Wildman–Crippen MR) is 65.9 cm³/mol. The van der Waals surface area contributed by atoms with E-state index in [1.165, 1.54) is 5.57 Å². The van der Waals surface area contributed by atoms with Crippen molar-refractivity contribution in [1.29, 1.82) is 0 Å². The van der Waals surface area contributed by atoms with Crippen molar-refractivity contribution in [1.82, 2.24) is 4.90 Å². The van der Waals surface area contributed by atoms with Crippen molar-refractivity contribution >= 4 is 5.91 Å². The van der Waals surface area contributed by atoms with Crippen LogP contribution >= 0.6 is 0 Å². The van der Waals surface area contributed by atoms with E-state index in [4.69, 9.17) is 0 Å². The van der Waals surface area contributed by atoms with Crippen molar-refractivity contribution in [2.75, 3.05) is 13.1 Å². The highest BCUT2D eigenvalue weighted by Gasteiger charge is 2.29. The average molecular weight is 219 g/mol. The SMILES string of the molecule is CC(=O)N1CCC2C=C(C(C)C)C=CC2C1. The van der Waals surface area contributed by atoms with Gasteiger partial charge < -0.3 is 4.90 Å². The minimum atomic E-state index is 0.213. The number of likely N-dealkylation sites (tertiary alicyclic amines) is 1. The van der Waals surface area contributed by atoms with Crippen LogP contribution in [0.5, 0.6) is 0 Å². The number of carbonyl (C=O) groups excluding carboxylic acids is 1. The van der Waals surface area contributed by atoms with E-state index in [2.05, 4.69) is 32.1 Å². The quantitative estimate of drug-likeness (QED) is 0.664. The van der Waals surface area contributed by atoms with Crippen LogP contribution in [0.3, 0.4) is 0 Å². The van der Waals surface area contributed by atoms with Crippen molar-refractivity contribution in [2.24, 2.45) is 17.8 Å². The second kappa shape index (κ2) is 4.44. The number of rotatable bonds is 1. The Morgan fingerprint density at radius 3 is 2.81 bits per heavy atom. The summed E-state index contributed by atoms with van der Waals surface area (Å²) in [7, 11) is 0. The summed E-state index contributed by atoms with van der Waals surface area (Å²) in [5, 5.41) is 0. The summed E-state index contributed by atoms with van der Waals surface area (Å²) < 4.78 is 0. The topological polar surface area (TPSA) is 20.3 Å². The second-order valence-electron chi connectivity index (χ2n) is 5.26. The summed E-state index contributed by atoms with van der Waals surface area (Å²) in [4.78, 5) is 13.3. The average Bonchev–Trinajstić information content (AvgIpc) is 2.27. The fourth-order valence-electron chi connectivity index (χ4n) is 2.62. The van der Waals surface area contributed by atoms with Crippen LogP contribution in [0.1, 0.15) is 27.2 Å². The molecule has 0 saturated carbocycles. The Kier molecular flexibility index (Phi) is 3.17. The lowest BCUT2D eigenvalue weighted by Crippen LogP contribution is -2.42. The van der Waals surface area contributed by atoms with Crippen LogP contribution in [0.2, 0.25) is 0 Å². The number of hydrogen-bond donors (Lipinski definition) is 0. The van der Waals surface area contributed by atoms with E-state index in [-0.39, 0.29) is 5.91 Å². The van der Waals surface area contributed by atoms with Crippen molar-refractivity contribution in [2.45, 2.75) is 27.2 Å². The van der Waals surface area contributed by atoms with Crippen LogP contribution in [-0.2, 0) is 4.79 Å². The van der Waals surface area contributed by atoms with Gasteiger partial charge in [-0.3, -0.25) is 4.79 Å². The zero-order chi connectivity index (χ0) is 11.7. The van der Waals surface area contributed by atoms with Gasteiger partial charge in [0.05, 0.1) is 0 Å². The van der Waals surface area contributed by atoms with Gasteiger partial charge in [0, 0.05) is 25.9 Å². The number of hydrogen-bond acceptors (Lipinski definition) is 1. The Bertz CT molecular complexity index is 341. The Morgan fingerprint density at radius 2 is 2.19 bits per heavy atom. The van der Waals surface area contributed by atoms with Crippen molar-refractivity contribution < 1.29 is 4.79 Å². The maximum absolute atomic E-state index is 11.3. The van der Waals surface area contributed by atoms with Crippen molar-refractivity contribution in [3.05, 3.63) is 23.8 Å². The molecule has 2 rings (SSSR count). The van der Waals surface area contributed by atoms with Crippen LogP contribution in [-0.4, -0.2) is 23.9 Å². The molecule has 0 bridgehead atoms. The maximum atomic E-state index is 11.3. The predicted octanol–water partition coefficient (Wildman–Crippen LogP) is 2.62. The molecule has 2 nitrogen and oxygen atoms in total. The first kappa shape index (κ1) is 11.4. The molecule has 1 amide bonds. The first-order chi connectivity index (χ1) is 7.58. The van der Waals surface area contributed by atoms with Gasteiger partial charge in [-0.1, -0.05) is 32.1 Å². The Morgan fingerprint density at radius 1 is 1.44 bits per heavy atom. The lowest BCUT2D eigenvalue weighted by Gasteiger charge is -2.37. The summed E-state index contributed by atoms with van der Waals surface area (Å²) in [6.07, 6.45) is 8.09. The van der Waals surface area contributed by atoms with Gasteiger partial charge >= 0.3 is 0 Å². The van der Waals surface area contributed by atoms with E-state index in [0.717, 1.165) is 19.5 Å². The molecule has 2 unspecified atom stereocenters. The maximum Gasteiger partial charge on any atom is 0.219 e. The number of amides is 1. The van der Waals surface area contributed by atoms with Gasteiger partial charge in [0.1, 0.15) is 0 Å². The van der Waals surface area contributed by atoms with Gasteiger partial charge in [-0.2, -0.15) is 0 Å². The highest BCUT2D eigenvalue weighted by molar-refractivity contribution is 5.73. The smallest absolute Gasteiger partial charge is 0.219 e. The summed E-state index contributed by atoms with van der Waals surface area (Å²) >= 11 is 0. The molecule has 0 N–H and O–H groups in total. The zero-order valence-electron chi connectivity index (χ0n) is 10.4. The number of piperidine rings is 1. The fraction of sp³-hybridized carbons (Fsp3) is 0.643. The molecule has 2 heteroatoms. The van der Waals surface area contributed by atoms with E-state index in [1.807, 2.05) is 4.90 Å². The lowest BCUT2D eigenvalue weighted by atomic mass is 9.79. The van der Waals surface area contributed by atoms with Crippen LogP contribution in [0.25, 0.3) is 0 Å². The summed E-state index contributed by atoms with van der Waals surface area (Å²) in [5.41, 5.74) is 1.46. The highest BCUT2D eigenvalue weighted by Crippen LogP contribution is 2.32. The molecule has 0 aromatic rings. The molecule has 2 aliphatic rings. The monoisotopic (exact) mass is 219 g/mol. The number of fused-ring (bicyclic) bond motifs is 1. The lowest BCUT2D eigenvalue weighted by molar-refractivity contribution is -0.130. The Labute approximate surface area is 98.0 Å². The van der Waals surface area contributed by atoms with E-state index < -0.39 is 0 Å². The molecule has 16 heavy (non-hydrogen) atoms.